The van der Waals surface area contributed by atoms with E-state index < -0.39 is 29.9 Å². The Morgan fingerprint density at radius 1 is 0.673 bits per heavy atom. The van der Waals surface area contributed by atoms with E-state index in [1.54, 1.807) is 12.1 Å². The van der Waals surface area contributed by atoms with Crippen LogP contribution in [0.2, 0.25) is 0 Å². The van der Waals surface area contributed by atoms with Crippen molar-refractivity contribution in [2.45, 2.75) is 148 Å². The second kappa shape index (κ2) is 29.6. The van der Waals surface area contributed by atoms with Gasteiger partial charge in [-0.05, 0) is 43.4 Å². The molecule has 0 saturated heterocycles. The summed E-state index contributed by atoms with van der Waals surface area (Å²) < 4.78 is 5.30. The lowest BCUT2D eigenvalue weighted by molar-refractivity contribution is -0.140. The first-order chi connectivity index (χ1) is 25.0. The summed E-state index contributed by atoms with van der Waals surface area (Å²) in [6.45, 7) is 3.52. The van der Waals surface area contributed by atoms with Gasteiger partial charge in [0.1, 0.15) is 6.04 Å². The molecule has 3 amide bonds. The topological polar surface area (TPSA) is 200 Å². The Morgan fingerprint density at radius 2 is 1.19 bits per heavy atom. The number of nitrogens with one attached hydrogen (secondary N) is 2. The second-order valence-corrected chi connectivity index (χ2v) is 13.4. The number of unbranched alkanes of at least 4 members (excludes halogenated alkanes) is 13. The van der Waals surface area contributed by atoms with E-state index in [1.165, 1.54) is 62.0 Å². The number of amides is 3. The van der Waals surface area contributed by atoms with Gasteiger partial charge in [-0.15, -0.1) is 0 Å². The van der Waals surface area contributed by atoms with E-state index in [4.69, 9.17) is 9.84 Å². The number of rotatable bonds is 33. The van der Waals surface area contributed by atoms with Crippen LogP contribution in [0.3, 0.4) is 0 Å². The number of nitrogens with zero attached hydrogens (tertiary/aromatic N) is 1. The Balaban J connectivity index is 2.40. The van der Waals surface area contributed by atoms with Gasteiger partial charge in [0.05, 0.1) is 13.0 Å². The van der Waals surface area contributed by atoms with Gasteiger partial charge in [0, 0.05) is 51.1 Å². The molecule has 294 valence electrons. The Kier molecular flexibility index (Phi) is 26.2. The third-order valence-electron chi connectivity index (χ3n) is 8.75. The van der Waals surface area contributed by atoms with Crippen LogP contribution in [0, 0.1) is 0 Å². The molecule has 1 unspecified atom stereocenters. The zero-order valence-electron chi connectivity index (χ0n) is 31.2. The van der Waals surface area contributed by atoms with Crippen LogP contribution >= 0.6 is 0 Å². The van der Waals surface area contributed by atoms with Crippen molar-refractivity contribution in [2.24, 2.45) is 0 Å². The number of carbonyl (C=O) groups is 6. The van der Waals surface area contributed by atoms with Gasteiger partial charge < -0.3 is 35.6 Å². The number of carbonyl (C=O) groups excluding carboxylic acids is 3. The van der Waals surface area contributed by atoms with Crippen LogP contribution in [0.4, 0.5) is 0 Å². The van der Waals surface area contributed by atoms with Gasteiger partial charge in [0.25, 0.3) is 5.91 Å². The third kappa shape index (κ3) is 24.2. The Bertz CT molecular complexity index is 1190. The van der Waals surface area contributed by atoms with Crippen LogP contribution in [0.15, 0.2) is 24.3 Å². The molecule has 13 heteroatoms. The molecule has 0 aliphatic carbocycles. The standard InChI is InChI=1S/C39H63N3O10/c1-2-28-52-29-26-40-34(43)24-23-33(39(50)51)41-38(49)32-21-19-31(20-22-32)30-42(27-25-37(47)48)35(44)17-15-13-11-9-7-5-3-4-6-8-10-12-14-16-18-36(45)46/h19-22,33H,2-18,23-30H2,1H3,(H,40,43)(H,41,49)(H,45,46)(H,47,48)(H,50,51). The number of hydrogen-bond acceptors (Lipinski definition) is 7. The van der Waals surface area contributed by atoms with Crippen LogP contribution in [-0.4, -0.2) is 88.2 Å². The summed E-state index contributed by atoms with van der Waals surface area (Å²) in [5.74, 6) is -4.02. The fourth-order valence-corrected chi connectivity index (χ4v) is 5.71. The summed E-state index contributed by atoms with van der Waals surface area (Å²) in [4.78, 5) is 73.0. The summed E-state index contributed by atoms with van der Waals surface area (Å²) in [6, 6.07) is 5.12. The summed E-state index contributed by atoms with van der Waals surface area (Å²) >= 11 is 0. The highest BCUT2D eigenvalue weighted by Crippen LogP contribution is 2.16. The van der Waals surface area contributed by atoms with Crippen molar-refractivity contribution in [2.75, 3.05) is 26.3 Å². The maximum atomic E-state index is 13.0. The van der Waals surface area contributed by atoms with E-state index in [9.17, 15) is 39.0 Å². The lowest BCUT2D eigenvalue weighted by atomic mass is 10.0. The van der Waals surface area contributed by atoms with Crippen molar-refractivity contribution in [3.8, 4) is 0 Å². The van der Waals surface area contributed by atoms with Gasteiger partial charge in [-0.25, -0.2) is 4.79 Å². The Morgan fingerprint density at radius 3 is 1.69 bits per heavy atom. The van der Waals surface area contributed by atoms with Crippen molar-refractivity contribution in [1.82, 2.24) is 15.5 Å². The number of carboxylic acids is 3. The molecule has 0 radical (unpaired) electrons. The van der Waals surface area contributed by atoms with E-state index in [2.05, 4.69) is 10.6 Å². The number of ether oxygens (including phenoxy) is 1. The first-order valence-corrected chi connectivity index (χ1v) is 19.2. The lowest BCUT2D eigenvalue weighted by Gasteiger charge is -2.22. The molecule has 0 fully saturated rings. The molecule has 0 saturated carbocycles. The molecular weight excluding hydrogens is 670 g/mol. The van der Waals surface area contributed by atoms with Crippen LogP contribution in [0.25, 0.3) is 0 Å². The maximum Gasteiger partial charge on any atom is 0.326 e. The molecular formula is C39H63N3O10. The molecule has 5 N–H and O–H groups in total. The highest BCUT2D eigenvalue weighted by Gasteiger charge is 2.22. The summed E-state index contributed by atoms with van der Waals surface area (Å²) in [6.07, 6.45) is 16.3. The van der Waals surface area contributed by atoms with Crippen LogP contribution in [0.5, 0.6) is 0 Å². The van der Waals surface area contributed by atoms with Crippen LogP contribution in [-0.2, 0) is 35.3 Å². The van der Waals surface area contributed by atoms with Gasteiger partial charge in [-0.2, -0.15) is 0 Å². The lowest BCUT2D eigenvalue weighted by Crippen LogP contribution is -2.41. The molecule has 0 aromatic heterocycles. The molecule has 0 spiro atoms. The van der Waals surface area contributed by atoms with E-state index in [0.29, 0.717) is 31.7 Å². The van der Waals surface area contributed by atoms with E-state index >= 15 is 0 Å². The minimum atomic E-state index is -1.26. The summed E-state index contributed by atoms with van der Waals surface area (Å²) in [7, 11) is 0. The monoisotopic (exact) mass is 733 g/mol. The molecule has 1 atom stereocenters. The highest BCUT2D eigenvalue weighted by atomic mass is 16.5. The first-order valence-electron chi connectivity index (χ1n) is 19.2. The van der Waals surface area contributed by atoms with Crippen LogP contribution < -0.4 is 10.6 Å². The molecule has 1 aromatic carbocycles. The minimum absolute atomic E-state index is 0.0702. The number of carboxylic acid groups (broad SMARTS) is 3. The molecule has 1 aromatic rings. The first kappa shape index (κ1) is 46.0. The fourth-order valence-electron chi connectivity index (χ4n) is 5.71. The molecule has 1 rings (SSSR count). The molecule has 0 bridgehead atoms. The van der Waals surface area contributed by atoms with Crippen molar-refractivity contribution in [3.63, 3.8) is 0 Å². The molecule has 0 aliphatic heterocycles. The average Bonchev–Trinajstić information content (AvgIpc) is 3.11. The SMILES string of the molecule is CCCOCCNC(=O)CCC(NC(=O)c1ccc(CN(CCC(=O)O)C(=O)CCCCCCCCCCCCCCCCC(=O)O)cc1)C(=O)O. The smallest absolute Gasteiger partial charge is 0.326 e. The highest BCUT2D eigenvalue weighted by molar-refractivity contribution is 5.96. The van der Waals surface area contributed by atoms with Gasteiger partial charge >= 0.3 is 17.9 Å². The normalized spacial score (nSPS) is 11.5. The molecule has 52 heavy (non-hydrogen) atoms. The second-order valence-electron chi connectivity index (χ2n) is 13.4. The van der Waals surface area contributed by atoms with Crippen molar-refractivity contribution in [3.05, 3.63) is 35.4 Å². The van der Waals surface area contributed by atoms with Crippen molar-refractivity contribution >= 4 is 35.6 Å². The van der Waals surface area contributed by atoms with E-state index in [-0.39, 0.29) is 56.2 Å². The zero-order chi connectivity index (χ0) is 38.4. The van der Waals surface area contributed by atoms with Crippen molar-refractivity contribution in [1.29, 1.82) is 0 Å². The maximum absolute atomic E-state index is 13.0. The van der Waals surface area contributed by atoms with Gasteiger partial charge in [0.15, 0.2) is 0 Å². The summed E-state index contributed by atoms with van der Waals surface area (Å²) in [5.41, 5.74) is 0.929. The average molecular weight is 734 g/mol. The Labute approximate surface area is 309 Å². The summed E-state index contributed by atoms with van der Waals surface area (Å²) in [5, 5.41) is 32.6. The van der Waals surface area contributed by atoms with Gasteiger partial charge in [-0.1, -0.05) is 96.1 Å². The van der Waals surface area contributed by atoms with Crippen molar-refractivity contribution < 1.29 is 48.8 Å². The number of aliphatic carboxylic acids is 3. The Hall–Kier alpha value is -4.00. The zero-order valence-corrected chi connectivity index (χ0v) is 31.2. The predicted molar refractivity (Wildman–Crippen MR) is 198 cm³/mol. The minimum Gasteiger partial charge on any atom is -0.481 e. The van der Waals surface area contributed by atoms with Gasteiger partial charge in [-0.3, -0.25) is 24.0 Å². The van der Waals surface area contributed by atoms with Crippen LogP contribution in [0.1, 0.15) is 151 Å². The molecule has 0 aliphatic rings. The van der Waals surface area contributed by atoms with Gasteiger partial charge in [0.2, 0.25) is 11.8 Å². The largest absolute Gasteiger partial charge is 0.481 e. The molecule has 0 heterocycles. The molecule has 13 nitrogen and oxygen atoms in total. The number of hydrogen-bond donors (Lipinski definition) is 5. The van der Waals surface area contributed by atoms with E-state index in [1.807, 2.05) is 6.92 Å². The quantitative estimate of drug-likeness (QED) is 0.0509. The predicted octanol–water partition coefficient (Wildman–Crippen LogP) is 6.32. The fraction of sp³-hybridized carbons (Fsp3) is 0.692. The third-order valence-corrected chi connectivity index (χ3v) is 8.75. The number of benzene rings is 1. The van der Waals surface area contributed by atoms with E-state index in [0.717, 1.165) is 51.4 Å².